The Kier molecular flexibility index (Phi) is 6.99. The largest absolute Gasteiger partial charge is 0.356 e. The van der Waals surface area contributed by atoms with E-state index in [0.717, 1.165) is 25.7 Å². The first-order valence-corrected chi connectivity index (χ1v) is 7.17. The topological polar surface area (TPSA) is 35.2 Å². The Labute approximate surface area is 112 Å². The molecule has 0 radical (unpaired) electrons. The molecule has 0 heterocycles. The van der Waals surface area contributed by atoms with Crippen LogP contribution in [-0.4, -0.2) is 5.72 Å². The van der Waals surface area contributed by atoms with Gasteiger partial charge in [0, 0.05) is 0 Å². The molecule has 0 aromatic heterocycles. The normalized spacial score (nSPS) is 11.7. The molecule has 0 aliphatic heterocycles. The number of benzene rings is 1. The molecule has 1 aromatic carbocycles. The third-order valence-electron chi connectivity index (χ3n) is 3.28. The Hall–Kier alpha value is -0.860. The number of unbranched alkanes of at least 4 members (excludes halogenated alkanes) is 2. The molecule has 0 saturated heterocycles. The van der Waals surface area contributed by atoms with Crippen LogP contribution in [0.1, 0.15) is 57.9 Å². The highest BCUT2D eigenvalue weighted by Crippen LogP contribution is 2.22. The van der Waals surface area contributed by atoms with E-state index in [1.807, 2.05) is 18.2 Å². The van der Waals surface area contributed by atoms with Crippen molar-refractivity contribution in [2.24, 2.45) is 5.73 Å². The molecule has 0 atom stereocenters. The first kappa shape index (κ1) is 15.2. The second-order valence-corrected chi connectivity index (χ2v) is 5.05. The van der Waals surface area contributed by atoms with Crippen LogP contribution in [0, 0.1) is 0 Å². The van der Waals surface area contributed by atoms with Gasteiger partial charge in [-0.1, -0.05) is 57.0 Å². The van der Waals surface area contributed by atoms with Crippen molar-refractivity contribution in [3.63, 3.8) is 0 Å². The fourth-order valence-electron chi connectivity index (χ4n) is 2.02. The molecule has 2 N–H and O–H groups in total. The average molecular weight is 249 g/mol. The van der Waals surface area contributed by atoms with Gasteiger partial charge in [0.05, 0.1) is 6.61 Å². The van der Waals surface area contributed by atoms with E-state index in [2.05, 4.69) is 26.0 Å². The van der Waals surface area contributed by atoms with E-state index in [1.165, 1.54) is 18.4 Å². The smallest absolute Gasteiger partial charge is 0.117 e. The Balaban J connectivity index is 2.49. The molecule has 1 aromatic rings. The summed E-state index contributed by atoms with van der Waals surface area (Å²) in [7, 11) is 0. The highest BCUT2D eigenvalue weighted by molar-refractivity contribution is 5.13. The second-order valence-electron chi connectivity index (χ2n) is 5.05. The number of nitrogens with two attached hydrogens (primary N) is 1. The first-order chi connectivity index (χ1) is 8.70. The van der Waals surface area contributed by atoms with E-state index >= 15 is 0 Å². The minimum Gasteiger partial charge on any atom is -0.356 e. The van der Waals surface area contributed by atoms with E-state index in [9.17, 15) is 0 Å². The highest BCUT2D eigenvalue weighted by atomic mass is 16.5. The van der Waals surface area contributed by atoms with Crippen LogP contribution in [0.3, 0.4) is 0 Å². The van der Waals surface area contributed by atoms with Crippen LogP contribution >= 0.6 is 0 Å². The summed E-state index contributed by atoms with van der Waals surface area (Å²) in [5.74, 6) is 0. The van der Waals surface area contributed by atoms with Crippen molar-refractivity contribution in [3.8, 4) is 0 Å². The molecule has 18 heavy (non-hydrogen) atoms. The lowest BCUT2D eigenvalue weighted by Crippen LogP contribution is -2.42. The van der Waals surface area contributed by atoms with E-state index < -0.39 is 5.72 Å². The summed E-state index contributed by atoms with van der Waals surface area (Å²) in [5.41, 5.74) is 7.15. The van der Waals surface area contributed by atoms with Gasteiger partial charge in [-0.15, -0.1) is 0 Å². The SMILES string of the molecule is CCCCC(N)(CCCC)OCc1ccccc1. The van der Waals surface area contributed by atoms with Crippen molar-refractivity contribution < 1.29 is 4.74 Å². The summed E-state index contributed by atoms with van der Waals surface area (Å²) < 4.78 is 6.00. The lowest BCUT2D eigenvalue weighted by Gasteiger charge is -2.30. The van der Waals surface area contributed by atoms with Crippen LogP contribution in [0.25, 0.3) is 0 Å². The zero-order valence-electron chi connectivity index (χ0n) is 11.8. The second kappa shape index (κ2) is 8.28. The molecule has 0 unspecified atom stereocenters. The zero-order valence-corrected chi connectivity index (χ0v) is 11.8. The van der Waals surface area contributed by atoms with Gasteiger partial charge < -0.3 is 10.5 Å². The molecular formula is C16H27NO. The van der Waals surface area contributed by atoms with Crippen molar-refractivity contribution in [3.05, 3.63) is 35.9 Å². The van der Waals surface area contributed by atoms with Gasteiger partial charge in [0.2, 0.25) is 0 Å². The maximum Gasteiger partial charge on any atom is 0.117 e. The maximum atomic E-state index is 6.40. The van der Waals surface area contributed by atoms with Crippen molar-refractivity contribution in [2.75, 3.05) is 0 Å². The van der Waals surface area contributed by atoms with Gasteiger partial charge in [-0.05, 0) is 31.2 Å². The molecule has 0 saturated carbocycles. The predicted octanol–water partition coefficient (Wildman–Crippen LogP) is 4.24. The molecule has 0 spiro atoms. The van der Waals surface area contributed by atoms with Crippen LogP contribution in [0.5, 0.6) is 0 Å². The summed E-state index contributed by atoms with van der Waals surface area (Å²) in [4.78, 5) is 0. The van der Waals surface area contributed by atoms with E-state index in [0.29, 0.717) is 6.61 Å². The average Bonchev–Trinajstić information content (AvgIpc) is 2.42. The van der Waals surface area contributed by atoms with Gasteiger partial charge in [0.25, 0.3) is 0 Å². The molecule has 0 fully saturated rings. The minimum absolute atomic E-state index is 0.443. The summed E-state index contributed by atoms with van der Waals surface area (Å²) >= 11 is 0. The Bertz CT molecular complexity index is 302. The Morgan fingerprint density at radius 2 is 1.56 bits per heavy atom. The summed E-state index contributed by atoms with van der Waals surface area (Å²) in [6, 6.07) is 10.3. The number of rotatable bonds is 9. The lowest BCUT2D eigenvalue weighted by atomic mass is 10.00. The van der Waals surface area contributed by atoms with Crippen LogP contribution in [0.4, 0.5) is 0 Å². The van der Waals surface area contributed by atoms with Crippen LogP contribution in [-0.2, 0) is 11.3 Å². The molecule has 0 bridgehead atoms. The number of ether oxygens (including phenoxy) is 1. The van der Waals surface area contributed by atoms with E-state index in [-0.39, 0.29) is 0 Å². The number of hydrogen-bond donors (Lipinski definition) is 1. The van der Waals surface area contributed by atoms with E-state index in [4.69, 9.17) is 10.5 Å². The molecule has 2 heteroatoms. The third kappa shape index (κ3) is 5.65. The van der Waals surface area contributed by atoms with Crippen LogP contribution < -0.4 is 5.73 Å². The predicted molar refractivity (Wildman–Crippen MR) is 77.2 cm³/mol. The van der Waals surface area contributed by atoms with Crippen molar-refractivity contribution in [2.45, 2.75) is 64.7 Å². The van der Waals surface area contributed by atoms with Gasteiger partial charge in [-0.3, -0.25) is 0 Å². The fourth-order valence-corrected chi connectivity index (χ4v) is 2.02. The lowest BCUT2D eigenvalue weighted by molar-refractivity contribution is -0.0666. The van der Waals surface area contributed by atoms with Gasteiger partial charge >= 0.3 is 0 Å². The maximum absolute atomic E-state index is 6.40. The van der Waals surface area contributed by atoms with Gasteiger partial charge in [0.15, 0.2) is 0 Å². The Morgan fingerprint density at radius 1 is 1.00 bits per heavy atom. The number of hydrogen-bond acceptors (Lipinski definition) is 2. The first-order valence-electron chi connectivity index (χ1n) is 7.17. The quantitative estimate of drug-likeness (QED) is 0.664. The molecule has 0 aliphatic rings. The molecule has 0 aliphatic carbocycles. The zero-order chi connectivity index (χ0) is 13.3. The van der Waals surface area contributed by atoms with Gasteiger partial charge in [-0.25, -0.2) is 0 Å². The fraction of sp³-hybridized carbons (Fsp3) is 0.625. The van der Waals surface area contributed by atoms with Crippen LogP contribution in [0.15, 0.2) is 30.3 Å². The summed E-state index contributed by atoms with van der Waals surface area (Å²) in [6.45, 7) is 5.00. The van der Waals surface area contributed by atoms with Crippen LogP contribution in [0.2, 0.25) is 0 Å². The Morgan fingerprint density at radius 3 is 2.06 bits per heavy atom. The minimum atomic E-state index is -0.443. The molecule has 2 nitrogen and oxygen atoms in total. The van der Waals surface area contributed by atoms with Crippen molar-refractivity contribution in [1.29, 1.82) is 0 Å². The molecule has 102 valence electrons. The molecule has 1 rings (SSSR count). The monoisotopic (exact) mass is 249 g/mol. The third-order valence-corrected chi connectivity index (χ3v) is 3.28. The van der Waals surface area contributed by atoms with E-state index in [1.54, 1.807) is 0 Å². The summed E-state index contributed by atoms with van der Waals surface area (Å²) in [5, 5.41) is 0. The highest BCUT2D eigenvalue weighted by Gasteiger charge is 2.24. The molecular weight excluding hydrogens is 222 g/mol. The standard InChI is InChI=1S/C16H27NO/c1-3-5-12-16(17,13-6-4-2)18-14-15-10-8-7-9-11-15/h7-11H,3-6,12-14,17H2,1-2H3. The van der Waals surface area contributed by atoms with Gasteiger partial charge in [0.1, 0.15) is 5.72 Å². The summed E-state index contributed by atoms with van der Waals surface area (Å²) in [6.07, 6.45) is 6.51. The van der Waals surface area contributed by atoms with Crippen molar-refractivity contribution >= 4 is 0 Å². The molecule has 0 amide bonds. The van der Waals surface area contributed by atoms with Crippen molar-refractivity contribution in [1.82, 2.24) is 0 Å². The van der Waals surface area contributed by atoms with Gasteiger partial charge in [-0.2, -0.15) is 0 Å².